The molecule has 0 saturated carbocycles. The number of rotatable bonds is 3. The molecule has 110 valence electrons. The fraction of sp³-hybridized carbons (Fsp3) is 0.0588. The van der Waals surface area contributed by atoms with E-state index in [9.17, 15) is 9.59 Å². The quantitative estimate of drug-likeness (QED) is 0.774. The Hall–Kier alpha value is -2.04. The van der Waals surface area contributed by atoms with E-state index in [0.29, 0.717) is 9.93 Å². The van der Waals surface area contributed by atoms with Crippen molar-refractivity contribution in [3.63, 3.8) is 0 Å². The summed E-state index contributed by atoms with van der Waals surface area (Å²) >= 11 is 7.03. The van der Waals surface area contributed by atoms with Crippen LogP contribution in [0.2, 0.25) is 5.02 Å². The molecule has 0 atom stereocenters. The smallest absolute Gasteiger partial charge is 0.268 e. The second-order valence-corrected chi connectivity index (χ2v) is 6.18. The van der Waals surface area contributed by atoms with Crippen molar-refractivity contribution in [1.82, 2.24) is 4.90 Å². The zero-order valence-electron chi connectivity index (χ0n) is 11.5. The highest BCUT2D eigenvalue weighted by Crippen LogP contribution is 2.34. The number of halogens is 1. The standard InChI is InChI=1S/C17H12ClNO2S/c18-14-9-5-4-8-13(14)10-15-16(20)19(17(21)22-15)11-12-6-2-1-3-7-12/h1-10H,11H2. The third-order valence-corrected chi connectivity index (χ3v) is 4.50. The molecule has 2 aromatic carbocycles. The summed E-state index contributed by atoms with van der Waals surface area (Å²) < 4.78 is 0. The fourth-order valence-electron chi connectivity index (χ4n) is 2.14. The molecular formula is C17H12ClNO2S. The van der Waals surface area contributed by atoms with Gasteiger partial charge in [0.05, 0.1) is 11.4 Å². The molecule has 22 heavy (non-hydrogen) atoms. The minimum Gasteiger partial charge on any atom is -0.268 e. The van der Waals surface area contributed by atoms with Crippen molar-refractivity contribution in [2.24, 2.45) is 0 Å². The van der Waals surface area contributed by atoms with Crippen LogP contribution in [0.1, 0.15) is 11.1 Å². The molecule has 0 aliphatic carbocycles. The maximum absolute atomic E-state index is 12.4. The number of carbonyl (C=O) groups is 2. The van der Waals surface area contributed by atoms with Crippen LogP contribution >= 0.6 is 23.4 Å². The van der Waals surface area contributed by atoms with E-state index in [0.717, 1.165) is 22.9 Å². The van der Waals surface area contributed by atoms with Gasteiger partial charge in [0, 0.05) is 5.02 Å². The molecule has 0 bridgehead atoms. The third-order valence-electron chi connectivity index (χ3n) is 3.25. The van der Waals surface area contributed by atoms with Gasteiger partial charge in [-0.3, -0.25) is 14.5 Å². The number of amides is 2. The first-order valence-electron chi connectivity index (χ1n) is 6.69. The van der Waals surface area contributed by atoms with Crippen LogP contribution in [-0.4, -0.2) is 16.0 Å². The van der Waals surface area contributed by atoms with Gasteiger partial charge in [0.15, 0.2) is 0 Å². The zero-order chi connectivity index (χ0) is 15.5. The minimum absolute atomic E-state index is 0.257. The van der Waals surface area contributed by atoms with Gasteiger partial charge in [0.2, 0.25) is 0 Å². The Bertz CT molecular complexity index is 758. The summed E-state index contributed by atoms with van der Waals surface area (Å²) in [5.74, 6) is -0.279. The molecule has 0 unspecified atom stereocenters. The number of hydrogen-bond donors (Lipinski definition) is 0. The highest BCUT2D eigenvalue weighted by Gasteiger charge is 2.34. The summed E-state index contributed by atoms with van der Waals surface area (Å²) in [5, 5.41) is 0.296. The molecular weight excluding hydrogens is 318 g/mol. The average molecular weight is 330 g/mol. The predicted molar refractivity (Wildman–Crippen MR) is 89.4 cm³/mol. The molecule has 1 fully saturated rings. The van der Waals surface area contributed by atoms with Crippen LogP contribution in [0.25, 0.3) is 6.08 Å². The number of thioether (sulfide) groups is 1. The average Bonchev–Trinajstić information content (AvgIpc) is 2.78. The Morgan fingerprint density at radius 3 is 2.41 bits per heavy atom. The monoisotopic (exact) mass is 329 g/mol. The summed E-state index contributed by atoms with van der Waals surface area (Å²) in [5.41, 5.74) is 1.65. The molecule has 1 heterocycles. The second kappa shape index (κ2) is 6.38. The molecule has 1 saturated heterocycles. The van der Waals surface area contributed by atoms with Crippen molar-refractivity contribution in [2.75, 3.05) is 0 Å². The molecule has 0 N–H and O–H groups in total. The van der Waals surface area contributed by atoms with Crippen LogP contribution in [0, 0.1) is 0 Å². The molecule has 0 radical (unpaired) electrons. The second-order valence-electron chi connectivity index (χ2n) is 4.77. The maximum atomic E-state index is 12.4. The number of nitrogens with zero attached hydrogens (tertiary/aromatic N) is 1. The topological polar surface area (TPSA) is 37.4 Å². The van der Waals surface area contributed by atoms with Gasteiger partial charge in [-0.25, -0.2) is 0 Å². The molecule has 2 amide bonds. The van der Waals surface area contributed by atoms with Crippen LogP contribution in [-0.2, 0) is 11.3 Å². The van der Waals surface area contributed by atoms with E-state index in [4.69, 9.17) is 11.6 Å². The lowest BCUT2D eigenvalue weighted by atomic mass is 10.2. The molecule has 2 aromatic rings. The molecule has 0 aromatic heterocycles. The van der Waals surface area contributed by atoms with Gasteiger partial charge >= 0.3 is 0 Å². The lowest BCUT2D eigenvalue weighted by Gasteiger charge is -2.12. The van der Waals surface area contributed by atoms with Crippen molar-refractivity contribution in [3.05, 3.63) is 75.7 Å². The summed E-state index contributed by atoms with van der Waals surface area (Å²) in [6.07, 6.45) is 1.66. The summed E-state index contributed by atoms with van der Waals surface area (Å²) in [6, 6.07) is 16.7. The van der Waals surface area contributed by atoms with Crippen LogP contribution in [0.5, 0.6) is 0 Å². The van der Waals surface area contributed by atoms with Crippen molar-refractivity contribution < 1.29 is 9.59 Å². The van der Waals surface area contributed by atoms with Gasteiger partial charge in [-0.05, 0) is 35.0 Å². The first-order chi connectivity index (χ1) is 10.6. The van der Waals surface area contributed by atoms with Gasteiger partial charge in [-0.1, -0.05) is 60.1 Å². The molecule has 5 heteroatoms. The normalized spacial score (nSPS) is 16.6. The number of benzene rings is 2. The van der Waals surface area contributed by atoms with E-state index in [1.54, 1.807) is 12.1 Å². The van der Waals surface area contributed by atoms with E-state index in [1.165, 1.54) is 4.90 Å². The van der Waals surface area contributed by atoms with Crippen molar-refractivity contribution in [2.45, 2.75) is 6.54 Å². The maximum Gasteiger partial charge on any atom is 0.293 e. The van der Waals surface area contributed by atoms with E-state index >= 15 is 0 Å². The van der Waals surface area contributed by atoms with E-state index in [2.05, 4.69) is 0 Å². The van der Waals surface area contributed by atoms with Crippen LogP contribution < -0.4 is 0 Å². The fourth-order valence-corrected chi connectivity index (χ4v) is 3.16. The third kappa shape index (κ3) is 3.08. The molecule has 3 nitrogen and oxygen atoms in total. The van der Waals surface area contributed by atoms with E-state index < -0.39 is 0 Å². The van der Waals surface area contributed by atoms with Gasteiger partial charge in [0.25, 0.3) is 11.1 Å². The number of hydrogen-bond acceptors (Lipinski definition) is 3. The molecule has 3 rings (SSSR count). The summed E-state index contributed by atoms with van der Waals surface area (Å²) in [6.45, 7) is 0.283. The molecule has 1 aliphatic rings. The van der Waals surface area contributed by atoms with Crippen molar-refractivity contribution >= 4 is 40.6 Å². The Labute approximate surface area is 137 Å². The van der Waals surface area contributed by atoms with E-state index in [1.807, 2.05) is 48.5 Å². The largest absolute Gasteiger partial charge is 0.293 e. The lowest BCUT2D eigenvalue weighted by Crippen LogP contribution is -2.27. The Morgan fingerprint density at radius 1 is 1.00 bits per heavy atom. The van der Waals surface area contributed by atoms with Gasteiger partial charge in [-0.15, -0.1) is 0 Å². The van der Waals surface area contributed by atoms with E-state index in [-0.39, 0.29) is 17.7 Å². The minimum atomic E-state index is -0.279. The van der Waals surface area contributed by atoms with Crippen LogP contribution in [0.4, 0.5) is 4.79 Å². The van der Waals surface area contributed by atoms with Crippen molar-refractivity contribution in [3.8, 4) is 0 Å². The van der Waals surface area contributed by atoms with Crippen LogP contribution in [0.3, 0.4) is 0 Å². The number of imide groups is 1. The number of carbonyl (C=O) groups excluding carboxylic acids is 2. The SMILES string of the molecule is O=C1SC(=Cc2ccccc2Cl)C(=O)N1Cc1ccccc1. The highest BCUT2D eigenvalue weighted by molar-refractivity contribution is 8.18. The summed E-state index contributed by atoms with van der Waals surface area (Å²) in [4.78, 5) is 26.1. The Morgan fingerprint density at radius 2 is 1.68 bits per heavy atom. The highest BCUT2D eigenvalue weighted by atomic mass is 35.5. The first kappa shape index (κ1) is 14.9. The first-order valence-corrected chi connectivity index (χ1v) is 7.88. The van der Waals surface area contributed by atoms with Gasteiger partial charge in [-0.2, -0.15) is 0 Å². The van der Waals surface area contributed by atoms with Gasteiger partial charge in [0.1, 0.15) is 0 Å². The predicted octanol–water partition coefficient (Wildman–Crippen LogP) is 4.58. The summed E-state index contributed by atoms with van der Waals surface area (Å²) in [7, 11) is 0. The van der Waals surface area contributed by atoms with Gasteiger partial charge < -0.3 is 0 Å². The molecule has 1 aliphatic heterocycles. The zero-order valence-corrected chi connectivity index (χ0v) is 13.1. The van der Waals surface area contributed by atoms with Crippen molar-refractivity contribution in [1.29, 1.82) is 0 Å². The molecule has 0 spiro atoms. The Balaban J connectivity index is 1.84. The Kier molecular flexibility index (Phi) is 4.32. The van der Waals surface area contributed by atoms with Crippen LogP contribution in [0.15, 0.2) is 59.5 Å². The lowest BCUT2D eigenvalue weighted by molar-refractivity contribution is -0.123.